The average Bonchev–Trinajstić information content (AvgIpc) is 3.36. The molecule has 1 aromatic carbocycles. The number of likely N-dealkylation sites (tertiary alicyclic amines) is 1. The Balaban J connectivity index is 1.38. The Labute approximate surface area is 179 Å². The van der Waals surface area contributed by atoms with Crippen molar-refractivity contribution in [3.05, 3.63) is 47.8 Å². The molecule has 0 radical (unpaired) electrons. The maximum atomic E-state index is 14.2. The topological polar surface area (TPSA) is 80.1 Å². The van der Waals surface area contributed by atoms with Gasteiger partial charge in [0.25, 0.3) is 11.8 Å². The number of benzene rings is 1. The molecular formula is C22H27F2N5O2. The minimum atomic E-state index is -2.91. The molecule has 0 unspecified atom stereocenters. The molecule has 1 aromatic heterocycles. The van der Waals surface area contributed by atoms with Gasteiger partial charge in [0.1, 0.15) is 0 Å². The summed E-state index contributed by atoms with van der Waals surface area (Å²) >= 11 is 0. The highest BCUT2D eigenvalue weighted by Gasteiger charge is 2.48. The molecular weight excluding hydrogens is 404 g/mol. The fourth-order valence-corrected chi connectivity index (χ4v) is 4.48. The smallest absolute Gasteiger partial charge is 0.273 e. The first-order valence-electron chi connectivity index (χ1n) is 10.8. The maximum absolute atomic E-state index is 14.2. The Hall–Kier alpha value is -2.84. The van der Waals surface area contributed by atoms with Gasteiger partial charge in [0, 0.05) is 18.9 Å². The SMILES string of the molecule is O=C(NCc1ccccc1)c1cn(C[C@@H]2CC(F)(F)CN2C(=O)C2CCCCC2)nn1. The number of rotatable bonds is 6. The summed E-state index contributed by atoms with van der Waals surface area (Å²) < 4.78 is 29.7. The molecule has 31 heavy (non-hydrogen) atoms. The number of alkyl halides is 2. The highest BCUT2D eigenvalue weighted by atomic mass is 19.3. The van der Waals surface area contributed by atoms with Crippen LogP contribution in [-0.2, 0) is 17.9 Å². The van der Waals surface area contributed by atoms with E-state index in [-0.39, 0.29) is 30.0 Å². The third kappa shape index (κ3) is 5.26. The van der Waals surface area contributed by atoms with Crippen LogP contribution >= 0.6 is 0 Å². The lowest BCUT2D eigenvalue weighted by Gasteiger charge is -2.30. The molecule has 2 aliphatic rings. The van der Waals surface area contributed by atoms with Gasteiger partial charge in [-0.3, -0.25) is 9.59 Å². The molecule has 2 heterocycles. The van der Waals surface area contributed by atoms with E-state index < -0.39 is 24.9 Å². The average molecular weight is 431 g/mol. The highest BCUT2D eigenvalue weighted by molar-refractivity contribution is 5.91. The molecule has 9 heteroatoms. The van der Waals surface area contributed by atoms with Gasteiger partial charge in [0.15, 0.2) is 5.69 Å². The van der Waals surface area contributed by atoms with E-state index in [1.165, 1.54) is 15.8 Å². The van der Waals surface area contributed by atoms with E-state index in [2.05, 4.69) is 15.6 Å². The van der Waals surface area contributed by atoms with E-state index in [1.54, 1.807) is 0 Å². The van der Waals surface area contributed by atoms with Crippen LogP contribution in [0.1, 0.15) is 54.6 Å². The Kier molecular flexibility index (Phi) is 6.29. The molecule has 1 atom stereocenters. The second kappa shape index (κ2) is 9.11. The van der Waals surface area contributed by atoms with Gasteiger partial charge in [-0.2, -0.15) is 0 Å². The first-order valence-corrected chi connectivity index (χ1v) is 10.8. The standard InChI is InChI=1S/C22H27F2N5O2/c23-22(24)11-18(29(15-22)21(31)17-9-5-2-6-10-17)13-28-14-19(26-27-28)20(30)25-12-16-7-3-1-4-8-16/h1,3-4,7-8,14,17-18H,2,5-6,9-13,15H2,(H,25,30)/t18-/m0/s1. The first-order chi connectivity index (χ1) is 14.9. The van der Waals surface area contributed by atoms with Gasteiger partial charge in [0.05, 0.1) is 25.3 Å². The molecule has 2 fully saturated rings. The van der Waals surface area contributed by atoms with Crippen LogP contribution in [0, 0.1) is 5.92 Å². The summed E-state index contributed by atoms with van der Waals surface area (Å²) in [6, 6.07) is 8.80. The van der Waals surface area contributed by atoms with Gasteiger partial charge >= 0.3 is 0 Å². The monoisotopic (exact) mass is 431 g/mol. The van der Waals surface area contributed by atoms with Gasteiger partial charge in [-0.25, -0.2) is 13.5 Å². The van der Waals surface area contributed by atoms with Crippen molar-refractivity contribution in [1.29, 1.82) is 0 Å². The number of hydrogen-bond donors (Lipinski definition) is 1. The zero-order chi connectivity index (χ0) is 21.8. The Morgan fingerprint density at radius 2 is 1.87 bits per heavy atom. The molecule has 7 nitrogen and oxygen atoms in total. The van der Waals surface area contributed by atoms with E-state index in [0.29, 0.717) is 6.54 Å². The maximum Gasteiger partial charge on any atom is 0.273 e. The summed E-state index contributed by atoms with van der Waals surface area (Å²) in [4.78, 5) is 26.6. The summed E-state index contributed by atoms with van der Waals surface area (Å²) in [7, 11) is 0. The number of carbonyl (C=O) groups is 2. The molecule has 0 spiro atoms. The molecule has 0 bridgehead atoms. The Bertz CT molecular complexity index is 912. The lowest BCUT2D eigenvalue weighted by atomic mass is 9.88. The molecule has 166 valence electrons. The minimum Gasteiger partial charge on any atom is -0.347 e. The number of nitrogens with one attached hydrogen (secondary N) is 1. The summed E-state index contributed by atoms with van der Waals surface area (Å²) in [5, 5.41) is 10.6. The third-order valence-corrected chi connectivity index (χ3v) is 6.08. The van der Waals surface area contributed by atoms with Gasteiger partial charge in [-0.15, -0.1) is 5.10 Å². The summed E-state index contributed by atoms with van der Waals surface area (Å²) in [6.45, 7) is -0.107. The van der Waals surface area contributed by atoms with Crippen LogP contribution in [-0.4, -0.2) is 50.2 Å². The normalized spacial score (nSPS) is 21.2. The van der Waals surface area contributed by atoms with Crippen LogP contribution in [0.25, 0.3) is 0 Å². The zero-order valence-corrected chi connectivity index (χ0v) is 17.3. The number of hydrogen-bond acceptors (Lipinski definition) is 4. The van der Waals surface area contributed by atoms with Gasteiger partial charge in [-0.05, 0) is 18.4 Å². The molecule has 1 aliphatic carbocycles. The van der Waals surface area contributed by atoms with Crippen LogP contribution in [0.2, 0.25) is 0 Å². The van der Waals surface area contributed by atoms with Crippen molar-refractivity contribution >= 4 is 11.8 Å². The fourth-order valence-electron chi connectivity index (χ4n) is 4.48. The molecule has 1 N–H and O–H groups in total. The quantitative estimate of drug-likeness (QED) is 0.763. The molecule has 4 rings (SSSR count). The molecule has 1 saturated carbocycles. The van der Waals surface area contributed by atoms with E-state index in [4.69, 9.17) is 0 Å². The summed E-state index contributed by atoms with van der Waals surface area (Å²) in [6.07, 6.45) is 5.61. The van der Waals surface area contributed by atoms with Crippen LogP contribution < -0.4 is 5.32 Å². The number of carbonyl (C=O) groups excluding carboxylic acids is 2. The third-order valence-electron chi connectivity index (χ3n) is 6.08. The number of amides is 2. The van der Waals surface area contributed by atoms with Crippen LogP contribution in [0.4, 0.5) is 8.78 Å². The lowest BCUT2D eigenvalue weighted by Crippen LogP contribution is -2.42. The van der Waals surface area contributed by atoms with Gasteiger partial charge < -0.3 is 10.2 Å². The Morgan fingerprint density at radius 3 is 2.61 bits per heavy atom. The minimum absolute atomic E-state index is 0.0903. The largest absolute Gasteiger partial charge is 0.347 e. The van der Waals surface area contributed by atoms with Crippen molar-refractivity contribution in [2.45, 2.75) is 63.6 Å². The molecule has 1 saturated heterocycles. The highest BCUT2D eigenvalue weighted by Crippen LogP contribution is 2.36. The zero-order valence-electron chi connectivity index (χ0n) is 17.3. The van der Waals surface area contributed by atoms with E-state index >= 15 is 0 Å². The van der Waals surface area contributed by atoms with Crippen molar-refractivity contribution in [3.8, 4) is 0 Å². The Morgan fingerprint density at radius 1 is 1.13 bits per heavy atom. The van der Waals surface area contributed by atoms with Crippen molar-refractivity contribution in [3.63, 3.8) is 0 Å². The van der Waals surface area contributed by atoms with E-state index in [9.17, 15) is 18.4 Å². The van der Waals surface area contributed by atoms with Crippen LogP contribution in [0.15, 0.2) is 36.5 Å². The van der Waals surface area contributed by atoms with Crippen molar-refractivity contribution < 1.29 is 18.4 Å². The molecule has 2 amide bonds. The second-order valence-electron chi connectivity index (χ2n) is 8.51. The van der Waals surface area contributed by atoms with Crippen molar-refractivity contribution in [1.82, 2.24) is 25.2 Å². The number of halogens is 2. The first kappa shape index (κ1) is 21.4. The predicted octanol–water partition coefficient (Wildman–Crippen LogP) is 3.02. The predicted molar refractivity (Wildman–Crippen MR) is 109 cm³/mol. The summed E-state index contributed by atoms with van der Waals surface area (Å²) in [5.74, 6) is -3.64. The van der Waals surface area contributed by atoms with E-state index in [1.807, 2.05) is 30.3 Å². The number of aromatic nitrogens is 3. The summed E-state index contributed by atoms with van der Waals surface area (Å²) in [5.41, 5.74) is 1.07. The molecule has 1 aliphatic heterocycles. The van der Waals surface area contributed by atoms with Crippen molar-refractivity contribution in [2.75, 3.05) is 6.54 Å². The van der Waals surface area contributed by atoms with E-state index in [0.717, 1.165) is 37.7 Å². The lowest BCUT2D eigenvalue weighted by molar-refractivity contribution is -0.138. The van der Waals surface area contributed by atoms with Gasteiger partial charge in [0.2, 0.25) is 5.91 Å². The van der Waals surface area contributed by atoms with Crippen LogP contribution in [0.5, 0.6) is 0 Å². The van der Waals surface area contributed by atoms with Gasteiger partial charge in [-0.1, -0.05) is 54.8 Å². The number of nitrogens with zero attached hydrogens (tertiary/aromatic N) is 4. The molecule has 2 aromatic rings. The van der Waals surface area contributed by atoms with Crippen molar-refractivity contribution in [2.24, 2.45) is 5.92 Å². The second-order valence-corrected chi connectivity index (χ2v) is 8.51. The van der Waals surface area contributed by atoms with Crippen LogP contribution in [0.3, 0.4) is 0 Å². The fraction of sp³-hybridized carbons (Fsp3) is 0.545.